The van der Waals surface area contributed by atoms with E-state index in [-0.39, 0.29) is 36.8 Å². The van der Waals surface area contributed by atoms with Gasteiger partial charge in [-0.15, -0.1) is 24.8 Å². The minimum absolute atomic E-state index is 0. The highest BCUT2D eigenvalue weighted by Gasteiger charge is 2.16. The van der Waals surface area contributed by atoms with E-state index in [0.717, 1.165) is 37.3 Å². The molecule has 3 rings (SSSR count). The molecule has 1 aliphatic heterocycles. The molecule has 1 amide bonds. The number of carbonyl (C=O) groups is 1. The molecule has 1 aromatic carbocycles. The van der Waals surface area contributed by atoms with Crippen LogP contribution in [0.1, 0.15) is 30.7 Å². The maximum Gasteiger partial charge on any atom is 0.220 e. The fourth-order valence-electron chi connectivity index (χ4n) is 2.77. The van der Waals surface area contributed by atoms with Gasteiger partial charge in [-0.2, -0.15) is 0 Å². The van der Waals surface area contributed by atoms with Crippen LogP contribution in [0.15, 0.2) is 34.9 Å². The van der Waals surface area contributed by atoms with Gasteiger partial charge in [0.25, 0.3) is 0 Å². The Bertz CT molecular complexity index is 653. The van der Waals surface area contributed by atoms with E-state index < -0.39 is 0 Å². The van der Waals surface area contributed by atoms with E-state index in [1.54, 1.807) is 6.20 Å². The fourth-order valence-corrected chi connectivity index (χ4v) is 2.77. The van der Waals surface area contributed by atoms with Crippen LogP contribution in [0, 0.1) is 6.92 Å². The van der Waals surface area contributed by atoms with Crippen molar-refractivity contribution in [2.24, 2.45) is 0 Å². The van der Waals surface area contributed by atoms with Gasteiger partial charge in [-0.1, -0.05) is 29.8 Å². The van der Waals surface area contributed by atoms with Gasteiger partial charge in [0.05, 0.1) is 6.20 Å². The Kier molecular flexibility index (Phi) is 8.97. The van der Waals surface area contributed by atoms with E-state index in [1.165, 1.54) is 5.56 Å². The second-order valence-corrected chi connectivity index (χ2v) is 6.10. The largest absolute Gasteiger partial charge is 0.441 e. The number of nitrogens with one attached hydrogen (secondary N) is 2. The molecule has 0 spiro atoms. The van der Waals surface area contributed by atoms with Crippen LogP contribution in [0.5, 0.6) is 0 Å². The van der Waals surface area contributed by atoms with E-state index in [2.05, 4.69) is 22.5 Å². The number of halogens is 2. The van der Waals surface area contributed by atoms with Crippen molar-refractivity contribution in [2.75, 3.05) is 13.1 Å². The summed E-state index contributed by atoms with van der Waals surface area (Å²) in [4.78, 5) is 16.3. The number of hydrogen-bond donors (Lipinski definition) is 2. The smallest absolute Gasteiger partial charge is 0.220 e. The highest BCUT2D eigenvalue weighted by Crippen LogP contribution is 2.21. The molecular weight excluding hydrogens is 361 g/mol. The Balaban J connectivity index is 0.00000156. The van der Waals surface area contributed by atoms with Crippen LogP contribution in [-0.2, 0) is 11.2 Å². The summed E-state index contributed by atoms with van der Waals surface area (Å²) in [5.74, 6) is 1.42. The number of amides is 1. The standard InChI is InChI=1S/C18H23N3O2.2ClH/c1-13-4-6-14(7-5-13)16-12-20-18(23-16)9-8-17(22)21-15-3-2-10-19-11-15;;/h4-7,12,15,19H,2-3,8-11H2,1H3,(H,21,22);2*1H/t15-;;/m0../s1. The molecule has 5 nitrogen and oxygen atoms in total. The third-order valence-corrected chi connectivity index (χ3v) is 4.12. The van der Waals surface area contributed by atoms with Crippen LogP contribution in [-0.4, -0.2) is 30.0 Å². The first-order chi connectivity index (χ1) is 11.2. The summed E-state index contributed by atoms with van der Waals surface area (Å²) in [6.07, 6.45) is 4.82. The van der Waals surface area contributed by atoms with Crippen LogP contribution < -0.4 is 10.6 Å². The molecular formula is C18H25Cl2N3O2. The molecule has 138 valence electrons. The second kappa shape index (κ2) is 10.4. The Morgan fingerprint density at radius 1 is 1.32 bits per heavy atom. The van der Waals surface area contributed by atoms with E-state index in [4.69, 9.17) is 4.42 Å². The highest BCUT2D eigenvalue weighted by atomic mass is 35.5. The first-order valence-electron chi connectivity index (χ1n) is 8.22. The molecule has 2 N–H and O–H groups in total. The zero-order valence-corrected chi connectivity index (χ0v) is 15.9. The average Bonchev–Trinajstić information content (AvgIpc) is 3.04. The highest BCUT2D eigenvalue weighted by molar-refractivity contribution is 5.85. The topological polar surface area (TPSA) is 67.2 Å². The number of hydrogen-bond acceptors (Lipinski definition) is 4. The summed E-state index contributed by atoms with van der Waals surface area (Å²) in [6.45, 7) is 3.96. The Hall–Kier alpha value is -1.56. The summed E-state index contributed by atoms with van der Waals surface area (Å²) in [5, 5.41) is 6.36. The van der Waals surface area contributed by atoms with Crippen molar-refractivity contribution < 1.29 is 9.21 Å². The third kappa shape index (κ3) is 6.34. The first-order valence-corrected chi connectivity index (χ1v) is 8.22. The number of aromatic nitrogens is 1. The van der Waals surface area contributed by atoms with Gasteiger partial charge in [0.2, 0.25) is 5.91 Å². The molecule has 1 fully saturated rings. The van der Waals surface area contributed by atoms with Crippen molar-refractivity contribution in [2.45, 2.75) is 38.6 Å². The van der Waals surface area contributed by atoms with Crippen molar-refractivity contribution in [1.82, 2.24) is 15.6 Å². The summed E-state index contributed by atoms with van der Waals surface area (Å²) >= 11 is 0. The number of oxazole rings is 1. The lowest BCUT2D eigenvalue weighted by Crippen LogP contribution is -2.45. The molecule has 1 atom stereocenters. The van der Waals surface area contributed by atoms with E-state index in [9.17, 15) is 4.79 Å². The summed E-state index contributed by atoms with van der Waals surface area (Å²) in [7, 11) is 0. The van der Waals surface area contributed by atoms with Gasteiger partial charge in [-0.3, -0.25) is 4.79 Å². The molecule has 2 heterocycles. The van der Waals surface area contributed by atoms with Gasteiger partial charge in [-0.05, 0) is 26.3 Å². The quantitative estimate of drug-likeness (QED) is 0.828. The number of rotatable bonds is 5. The van der Waals surface area contributed by atoms with E-state index >= 15 is 0 Å². The Morgan fingerprint density at radius 3 is 2.76 bits per heavy atom. The maximum absolute atomic E-state index is 12.0. The Morgan fingerprint density at radius 2 is 2.08 bits per heavy atom. The van der Waals surface area contributed by atoms with Crippen LogP contribution in [0.4, 0.5) is 0 Å². The van der Waals surface area contributed by atoms with Crippen LogP contribution in [0.3, 0.4) is 0 Å². The van der Waals surface area contributed by atoms with E-state index in [0.29, 0.717) is 18.7 Å². The maximum atomic E-state index is 12.0. The molecule has 25 heavy (non-hydrogen) atoms. The van der Waals surface area contributed by atoms with E-state index in [1.807, 2.05) is 24.3 Å². The Labute approximate surface area is 160 Å². The molecule has 0 bridgehead atoms. The summed E-state index contributed by atoms with van der Waals surface area (Å²) in [5.41, 5.74) is 2.22. The fraction of sp³-hybridized carbons (Fsp3) is 0.444. The summed E-state index contributed by atoms with van der Waals surface area (Å²) in [6, 6.07) is 8.38. The number of nitrogens with zero attached hydrogens (tertiary/aromatic N) is 1. The molecule has 1 saturated heterocycles. The lowest BCUT2D eigenvalue weighted by atomic mass is 10.1. The minimum Gasteiger partial charge on any atom is -0.441 e. The molecule has 0 saturated carbocycles. The predicted molar refractivity (Wildman–Crippen MR) is 104 cm³/mol. The normalized spacial score (nSPS) is 16.4. The number of aryl methyl sites for hydroxylation is 2. The van der Waals surface area contributed by atoms with Gasteiger partial charge in [0.15, 0.2) is 11.7 Å². The minimum atomic E-state index is 0. The lowest BCUT2D eigenvalue weighted by Gasteiger charge is -2.23. The van der Waals surface area contributed by atoms with Gasteiger partial charge >= 0.3 is 0 Å². The van der Waals surface area contributed by atoms with Crippen LogP contribution in [0.25, 0.3) is 11.3 Å². The van der Waals surface area contributed by atoms with Gasteiger partial charge in [0, 0.05) is 31.0 Å². The van der Waals surface area contributed by atoms with Crippen LogP contribution >= 0.6 is 24.8 Å². The number of carbonyl (C=O) groups excluding carboxylic acids is 1. The predicted octanol–water partition coefficient (Wildman–Crippen LogP) is 3.29. The molecule has 0 unspecified atom stereocenters. The molecule has 1 aliphatic rings. The zero-order valence-electron chi connectivity index (χ0n) is 14.3. The lowest BCUT2D eigenvalue weighted by molar-refractivity contribution is -0.121. The summed E-state index contributed by atoms with van der Waals surface area (Å²) < 4.78 is 5.75. The van der Waals surface area contributed by atoms with Crippen molar-refractivity contribution in [3.63, 3.8) is 0 Å². The van der Waals surface area contributed by atoms with Crippen molar-refractivity contribution >= 4 is 30.7 Å². The van der Waals surface area contributed by atoms with Crippen LogP contribution in [0.2, 0.25) is 0 Å². The zero-order chi connectivity index (χ0) is 16.1. The number of piperidine rings is 1. The molecule has 0 radical (unpaired) electrons. The average molecular weight is 386 g/mol. The molecule has 0 aliphatic carbocycles. The van der Waals surface area contributed by atoms with Crippen molar-refractivity contribution in [1.29, 1.82) is 0 Å². The van der Waals surface area contributed by atoms with Gasteiger partial charge in [0.1, 0.15) is 0 Å². The first kappa shape index (κ1) is 21.5. The third-order valence-electron chi connectivity index (χ3n) is 4.12. The van der Waals surface area contributed by atoms with Gasteiger partial charge in [-0.25, -0.2) is 4.98 Å². The molecule has 1 aromatic heterocycles. The van der Waals surface area contributed by atoms with Crippen molar-refractivity contribution in [3.8, 4) is 11.3 Å². The monoisotopic (exact) mass is 385 g/mol. The molecule has 7 heteroatoms. The van der Waals surface area contributed by atoms with Crippen molar-refractivity contribution in [3.05, 3.63) is 41.9 Å². The molecule has 2 aromatic rings. The van der Waals surface area contributed by atoms with Gasteiger partial charge < -0.3 is 15.1 Å². The second-order valence-electron chi connectivity index (χ2n) is 6.10. The number of benzene rings is 1. The SMILES string of the molecule is Cc1ccc(-c2cnc(CCC(=O)N[C@H]3CCCNC3)o2)cc1.Cl.Cl.